The van der Waals surface area contributed by atoms with E-state index < -0.39 is 11.7 Å². The van der Waals surface area contributed by atoms with Crippen molar-refractivity contribution in [1.29, 1.82) is 0 Å². The number of aryl methyl sites for hydroxylation is 2. The topological polar surface area (TPSA) is 55.1 Å². The average Bonchev–Trinajstić information content (AvgIpc) is 2.39. The Hall–Kier alpha value is -2.36. The minimum Gasteiger partial charge on any atom is -0.398 e. The maximum absolute atomic E-state index is 13.8. The van der Waals surface area contributed by atoms with E-state index in [1.54, 1.807) is 19.1 Å². The summed E-state index contributed by atoms with van der Waals surface area (Å²) in [6, 6.07) is 8.14. The highest BCUT2D eigenvalue weighted by atomic mass is 19.1. The van der Waals surface area contributed by atoms with Gasteiger partial charge in [-0.25, -0.2) is 4.39 Å². The number of benzene rings is 2. The predicted octanol–water partition coefficient (Wildman–Crippen LogP) is 3.59. The van der Waals surface area contributed by atoms with E-state index in [9.17, 15) is 9.18 Å². The van der Waals surface area contributed by atoms with E-state index in [1.807, 2.05) is 19.9 Å². The zero-order valence-corrected chi connectivity index (χ0v) is 11.8. The minimum absolute atomic E-state index is 0.0248. The fourth-order valence-electron chi connectivity index (χ4n) is 2.04. The Kier molecular flexibility index (Phi) is 3.74. The van der Waals surface area contributed by atoms with Crippen molar-refractivity contribution in [2.75, 3.05) is 11.1 Å². The van der Waals surface area contributed by atoms with Crippen LogP contribution in [0.15, 0.2) is 30.3 Å². The molecule has 4 heteroatoms. The van der Waals surface area contributed by atoms with Crippen LogP contribution in [0.25, 0.3) is 0 Å². The molecular formula is C16H17FN2O. The highest BCUT2D eigenvalue weighted by Crippen LogP contribution is 2.26. The molecule has 0 aromatic heterocycles. The lowest BCUT2D eigenvalue weighted by atomic mass is 10.1. The van der Waals surface area contributed by atoms with E-state index in [4.69, 9.17) is 5.73 Å². The van der Waals surface area contributed by atoms with Crippen molar-refractivity contribution in [2.45, 2.75) is 20.8 Å². The number of hydrogen-bond donors (Lipinski definition) is 2. The second-order valence-electron chi connectivity index (χ2n) is 4.91. The lowest BCUT2D eigenvalue weighted by Crippen LogP contribution is -2.16. The summed E-state index contributed by atoms with van der Waals surface area (Å²) in [4.78, 5) is 12.2. The van der Waals surface area contributed by atoms with E-state index in [0.717, 1.165) is 16.7 Å². The second kappa shape index (κ2) is 5.33. The molecule has 1 amide bonds. The van der Waals surface area contributed by atoms with Crippen LogP contribution in [-0.2, 0) is 0 Å². The third-order valence-corrected chi connectivity index (χ3v) is 3.32. The molecular weight excluding hydrogens is 255 g/mol. The number of amides is 1. The van der Waals surface area contributed by atoms with Gasteiger partial charge in [-0.15, -0.1) is 0 Å². The Morgan fingerprint density at radius 2 is 1.85 bits per heavy atom. The summed E-state index contributed by atoms with van der Waals surface area (Å²) in [6.07, 6.45) is 0. The van der Waals surface area contributed by atoms with Crippen molar-refractivity contribution in [2.24, 2.45) is 0 Å². The van der Waals surface area contributed by atoms with Crippen LogP contribution in [0.2, 0.25) is 0 Å². The number of anilines is 2. The van der Waals surface area contributed by atoms with Crippen molar-refractivity contribution in [3.8, 4) is 0 Å². The molecule has 0 radical (unpaired) electrons. The van der Waals surface area contributed by atoms with Crippen molar-refractivity contribution < 1.29 is 9.18 Å². The first-order chi connectivity index (χ1) is 9.40. The molecule has 0 aliphatic carbocycles. The van der Waals surface area contributed by atoms with Crippen LogP contribution in [0, 0.1) is 26.6 Å². The molecule has 0 atom stereocenters. The summed E-state index contributed by atoms with van der Waals surface area (Å²) in [5, 5.41) is 2.74. The van der Waals surface area contributed by atoms with Crippen molar-refractivity contribution >= 4 is 17.3 Å². The van der Waals surface area contributed by atoms with Gasteiger partial charge in [0.1, 0.15) is 5.82 Å². The van der Waals surface area contributed by atoms with Gasteiger partial charge in [0, 0.05) is 11.4 Å². The van der Waals surface area contributed by atoms with Gasteiger partial charge in [-0.05, 0) is 55.7 Å². The smallest absolute Gasteiger partial charge is 0.258 e. The third kappa shape index (κ3) is 2.64. The van der Waals surface area contributed by atoms with Crippen LogP contribution in [0.4, 0.5) is 15.8 Å². The van der Waals surface area contributed by atoms with E-state index >= 15 is 0 Å². The van der Waals surface area contributed by atoms with Gasteiger partial charge in [-0.3, -0.25) is 4.79 Å². The Labute approximate surface area is 117 Å². The molecule has 3 N–H and O–H groups in total. The average molecular weight is 272 g/mol. The summed E-state index contributed by atoms with van der Waals surface area (Å²) in [7, 11) is 0. The third-order valence-electron chi connectivity index (χ3n) is 3.32. The number of nitrogens with two attached hydrogens (primary N) is 1. The number of halogens is 1. The van der Waals surface area contributed by atoms with Crippen molar-refractivity contribution in [3.63, 3.8) is 0 Å². The molecule has 0 unspecified atom stereocenters. The Bertz CT molecular complexity index is 680. The molecule has 0 aliphatic heterocycles. The molecule has 2 aromatic carbocycles. The molecule has 2 rings (SSSR count). The number of rotatable bonds is 2. The molecule has 2 aromatic rings. The maximum atomic E-state index is 13.8. The van der Waals surface area contributed by atoms with Crippen molar-refractivity contribution in [3.05, 3.63) is 58.4 Å². The number of nitrogens with one attached hydrogen (secondary N) is 1. The maximum Gasteiger partial charge on any atom is 0.258 e. The SMILES string of the molecule is Cc1ccc(C(=O)Nc2c(C)ccc(N)c2C)c(F)c1. The van der Waals surface area contributed by atoms with Gasteiger partial charge in [0.15, 0.2) is 0 Å². The van der Waals surface area contributed by atoms with Crippen LogP contribution in [0.1, 0.15) is 27.0 Å². The molecule has 0 heterocycles. The predicted molar refractivity (Wildman–Crippen MR) is 79.4 cm³/mol. The van der Waals surface area contributed by atoms with Gasteiger partial charge < -0.3 is 11.1 Å². The molecule has 0 saturated heterocycles. The second-order valence-corrected chi connectivity index (χ2v) is 4.91. The van der Waals surface area contributed by atoms with E-state index in [1.165, 1.54) is 12.1 Å². The molecule has 104 valence electrons. The normalized spacial score (nSPS) is 10.4. The van der Waals surface area contributed by atoms with E-state index in [2.05, 4.69) is 5.32 Å². The Morgan fingerprint density at radius 3 is 2.50 bits per heavy atom. The zero-order valence-electron chi connectivity index (χ0n) is 11.8. The lowest BCUT2D eigenvalue weighted by Gasteiger charge is -2.14. The fourth-order valence-corrected chi connectivity index (χ4v) is 2.04. The van der Waals surface area contributed by atoms with Crippen LogP contribution >= 0.6 is 0 Å². The summed E-state index contributed by atoms with van der Waals surface area (Å²) in [5.41, 5.74) is 9.52. The molecule has 0 aliphatic rings. The highest BCUT2D eigenvalue weighted by molar-refractivity contribution is 6.05. The Balaban J connectivity index is 2.35. The Morgan fingerprint density at radius 1 is 1.15 bits per heavy atom. The summed E-state index contributed by atoms with van der Waals surface area (Å²) >= 11 is 0. The molecule has 3 nitrogen and oxygen atoms in total. The standard InChI is InChI=1S/C16H17FN2O/c1-9-4-6-12(13(17)8-9)16(20)19-15-10(2)5-7-14(18)11(15)3/h4-8H,18H2,1-3H3,(H,19,20). The number of nitrogen functional groups attached to an aromatic ring is 1. The zero-order chi connectivity index (χ0) is 14.9. The first kappa shape index (κ1) is 14.1. The highest BCUT2D eigenvalue weighted by Gasteiger charge is 2.14. The molecule has 0 fully saturated rings. The van der Waals surface area contributed by atoms with E-state index in [0.29, 0.717) is 11.4 Å². The monoisotopic (exact) mass is 272 g/mol. The van der Waals surface area contributed by atoms with Crippen LogP contribution in [0.3, 0.4) is 0 Å². The molecule has 0 saturated carbocycles. The van der Waals surface area contributed by atoms with Gasteiger partial charge in [-0.1, -0.05) is 12.1 Å². The van der Waals surface area contributed by atoms with Crippen LogP contribution in [-0.4, -0.2) is 5.91 Å². The first-order valence-electron chi connectivity index (χ1n) is 6.33. The summed E-state index contributed by atoms with van der Waals surface area (Å²) < 4.78 is 13.8. The van der Waals surface area contributed by atoms with Crippen LogP contribution in [0.5, 0.6) is 0 Å². The van der Waals surface area contributed by atoms with E-state index in [-0.39, 0.29) is 5.56 Å². The van der Waals surface area contributed by atoms with Crippen LogP contribution < -0.4 is 11.1 Å². The van der Waals surface area contributed by atoms with Gasteiger partial charge in [-0.2, -0.15) is 0 Å². The van der Waals surface area contributed by atoms with Gasteiger partial charge in [0.05, 0.1) is 5.56 Å². The number of carbonyl (C=O) groups is 1. The van der Waals surface area contributed by atoms with Gasteiger partial charge in [0.25, 0.3) is 5.91 Å². The van der Waals surface area contributed by atoms with Gasteiger partial charge in [0.2, 0.25) is 0 Å². The van der Waals surface area contributed by atoms with Crippen molar-refractivity contribution in [1.82, 2.24) is 0 Å². The number of hydrogen-bond acceptors (Lipinski definition) is 2. The molecule has 0 spiro atoms. The first-order valence-corrected chi connectivity index (χ1v) is 6.33. The van der Waals surface area contributed by atoms with Gasteiger partial charge >= 0.3 is 0 Å². The summed E-state index contributed by atoms with van der Waals surface area (Å²) in [6.45, 7) is 5.47. The largest absolute Gasteiger partial charge is 0.398 e. The fraction of sp³-hybridized carbons (Fsp3) is 0.188. The lowest BCUT2D eigenvalue weighted by molar-refractivity contribution is 0.102. The molecule has 0 bridgehead atoms. The minimum atomic E-state index is -0.526. The number of carbonyl (C=O) groups excluding carboxylic acids is 1. The quantitative estimate of drug-likeness (QED) is 0.821. The summed E-state index contributed by atoms with van der Waals surface area (Å²) in [5.74, 6) is -0.999. The molecule has 20 heavy (non-hydrogen) atoms.